The SMILES string of the molecule is CCCNCC(CC)SC1CCc2cc(ON=[N+]=[N-])ncc21. The van der Waals surface area contributed by atoms with Gasteiger partial charge in [-0.1, -0.05) is 13.8 Å². The lowest BCUT2D eigenvalue weighted by atomic mass is 10.2. The number of nitrogens with zero attached hydrogens (tertiary/aromatic N) is 4. The van der Waals surface area contributed by atoms with E-state index in [0.29, 0.717) is 16.4 Å². The van der Waals surface area contributed by atoms with Crippen molar-refractivity contribution in [2.24, 2.45) is 5.28 Å². The standard InChI is InChI=1S/C15H23N5OS/c1-3-7-17-9-12(4-2)22-14-6-5-11-8-15(21-20-19-16)18-10-13(11)14/h8,10,12,14,17H,3-7,9H2,1-2H3. The van der Waals surface area contributed by atoms with Crippen molar-refractivity contribution in [1.82, 2.24) is 10.3 Å². The van der Waals surface area contributed by atoms with E-state index in [0.717, 1.165) is 25.9 Å². The normalized spacial score (nSPS) is 17.6. The summed E-state index contributed by atoms with van der Waals surface area (Å²) in [5.74, 6) is 0.374. The first-order chi connectivity index (χ1) is 10.8. The van der Waals surface area contributed by atoms with Gasteiger partial charge in [-0.05, 0) is 48.9 Å². The fourth-order valence-electron chi connectivity index (χ4n) is 2.65. The minimum atomic E-state index is 0.374. The lowest BCUT2D eigenvalue weighted by Gasteiger charge is -2.20. The third kappa shape index (κ3) is 4.53. The monoisotopic (exact) mass is 321 g/mol. The molecular formula is C15H23N5OS. The molecule has 0 fully saturated rings. The van der Waals surface area contributed by atoms with Crippen LogP contribution in [-0.2, 0) is 6.42 Å². The number of azide groups is 1. The van der Waals surface area contributed by atoms with Gasteiger partial charge in [0, 0.05) is 34.2 Å². The molecule has 7 heteroatoms. The summed E-state index contributed by atoms with van der Waals surface area (Å²) in [7, 11) is 0. The highest BCUT2D eigenvalue weighted by Crippen LogP contribution is 2.43. The third-order valence-corrected chi connectivity index (χ3v) is 5.51. The number of thioether (sulfide) groups is 1. The van der Waals surface area contributed by atoms with Crippen LogP contribution in [0.3, 0.4) is 0 Å². The Morgan fingerprint density at radius 3 is 3.18 bits per heavy atom. The molecule has 0 spiro atoms. The molecule has 1 aliphatic carbocycles. The van der Waals surface area contributed by atoms with Gasteiger partial charge in [0.15, 0.2) is 0 Å². The molecule has 2 unspecified atom stereocenters. The maximum atomic E-state index is 8.27. The molecule has 0 radical (unpaired) electrons. The Bertz CT molecular complexity index is 533. The van der Waals surface area contributed by atoms with Crippen LogP contribution in [0.4, 0.5) is 0 Å². The van der Waals surface area contributed by atoms with E-state index in [2.05, 4.69) is 34.3 Å². The summed E-state index contributed by atoms with van der Waals surface area (Å²) in [6.45, 7) is 6.58. The number of aryl methyl sites for hydroxylation is 1. The number of hydrogen-bond donors (Lipinski definition) is 1. The maximum Gasteiger partial charge on any atom is 0.228 e. The Labute approximate surface area is 135 Å². The molecule has 1 heterocycles. The van der Waals surface area contributed by atoms with Crippen LogP contribution < -0.4 is 10.2 Å². The second-order valence-corrected chi connectivity index (χ2v) is 6.89. The summed E-state index contributed by atoms with van der Waals surface area (Å²) in [6.07, 6.45) is 6.37. The van der Waals surface area contributed by atoms with E-state index in [4.69, 9.17) is 10.4 Å². The second kappa shape index (κ2) is 8.88. The lowest BCUT2D eigenvalue weighted by molar-refractivity contribution is 0.319. The average Bonchev–Trinajstić information content (AvgIpc) is 2.94. The fraction of sp³-hybridized carbons (Fsp3) is 0.667. The van der Waals surface area contributed by atoms with Crippen molar-refractivity contribution in [3.05, 3.63) is 33.8 Å². The Morgan fingerprint density at radius 2 is 2.45 bits per heavy atom. The summed E-state index contributed by atoms with van der Waals surface area (Å²) >= 11 is 2.04. The molecule has 1 aromatic rings. The highest BCUT2D eigenvalue weighted by Gasteiger charge is 2.26. The van der Waals surface area contributed by atoms with Gasteiger partial charge >= 0.3 is 0 Å². The number of nitrogens with one attached hydrogen (secondary N) is 1. The molecule has 2 atom stereocenters. The molecule has 1 aromatic heterocycles. The van der Waals surface area contributed by atoms with Gasteiger partial charge in [-0.3, -0.25) is 0 Å². The van der Waals surface area contributed by atoms with Gasteiger partial charge in [0.1, 0.15) is 5.28 Å². The second-order valence-electron chi connectivity index (χ2n) is 5.38. The number of aromatic nitrogens is 1. The number of pyridine rings is 1. The van der Waals surface area contributed by atoms with Crippen LogP contribution in [0.2, 0.25) is 0 Å². The Balaban J connectivity index is 1.97. The topological polar surface area (TPSA) is 82.9 Å². The van der Waals surface area contributed by atoms with Crippen molar-refractivity contribution >= 4 is 11.8 Å². The van der Waals surface area contributed by atoms with E-state index in [1.165, 1.54) is 24.0 Å². The van der Waals surface area contributed by atoms with Gasteiger partial charge < -0.3 is 10.2 Å². The van der Waals surface area contributed by atoms with Crippen molar-refractivity contribution in [3.63, 3.8) is 0 Å². The van der Waals surface area contributed by atoms with Crippen molar-refractivity contribution in [2.75, 3.05) is 13.1 Å². The van der Waals surface area contributed by atoms with E-state index >= 15 is 0 Å². The number of rotatable bonds is 9. The first kappa shape index (κ1) is 16.9. The van der Waals surface area contributed by atoms with Crippen LogP contribution in [0.1, 0.15) is 49.5 Å². The zero-order valence-electron chi connectivity index (χ0n) is 13.2. The molecule has 1 N–H and O–H groups in total. The van der Waals surface area contributed by atoms with Gasteiger partial charge in [-0.15, -0.1) is 11.8 Å². The van der Waals surface area contributed by atoms with Gasteiger partial charge in [0.25, 0.3) is 0 Å². The summed E-state index contributed by atoms with van der Waals surface area (Å²) in [5, 5.41) is 7.74. The largest absolute Gasteiger partial charge is 0.374 e. The van der Waals surface area contributed by atoms with Crippen LogP contribution in [0.25, 0.3) is 10.4 Å². The zero-order chi connectivity index (χ0) is 15.8. The van der Waals surface area contributed by atoms with Crippen molar-refractivity contribution < 1.29 is 4.84 Å². The summed E-state index contributed by atoms with van der Waals surface area (Å²) < 4.78 is 0. The van der Waals surface area contributed by atoms with Crippen LogP contribution >= 0.6 is 11.8 Å². The van der Waals surface area contributed by atoms with E-state index < -0.39 is 0 Å². The van der Waals surface area contributed by atoms with Gasteiger partial charge in [0.2, 0.25) is 5.88 Å². The average molecular weight is 321 g/mol. The molecule has 0 saturated heterocycles. The van der Waals surface area contributed by atoms with E-state index in [9.17, 15) is 0 Å². The highest BCUT2D eigenvalue weighted by atomic mass is 32.2. The molecule has 22 heavy (non-hydrogen) atoms. The summed E-state index contributed by atoms with van der Waals surface area (Å²) in [5.41, 5.74) is 10.8. The lowest BCUT2D eigenvalue weighted by Crippen LogP contribution is -2.25. The van der Waals surface area contributed by atoms with E-state index in [1.54, 1.807) is 0 Å². The van der Waals surface area contributed by atoms with Gasteiger partial charge in [-0.2, -0.15) is 0 Å². The quantitative estimate of drug-likeness (QED) is 0.243. The van der Waals surface area contributed by atoms with Crippen LogP contribution in [-0.4, -0.2) is 23.3 Å². The number of hydrogen-bond acceptors (Lipinski definition) is 5. The van der Waals surface area contributed by atoms with E-state index in [-0.39, 0.29) is 0 Å². The Morgan fingerprint density at radius 1 is 1.59 bits per heavy atom. The summed E-state index contributed by atoms with van der Waals surface area (Å²) in [6, 6.07) is 1.89. The minimum absolute atomic E-state index is 0.374. The molecule has 1 aliphatic rings. The van der Waals surface area contributed by atoms with Crippen molar-refractivity contribution in [3.8, 4) is 5.88 Å². The van der Waals surface area contributed by atoms with Crippen LogP contribution in [0.15, 0.2) is 17.5 Å². The molecule has 6 nitrogen and oxygen atoms in total. The predicted octanol–water partition coefficient (Wildman–Crippen LogP) is 4.18. The Hall–Kier alpha value is -1.43. The summed E-state index contributed by atoms with van der Waals surface area (Å²) in [4.78, 5) is 11.7. The minimum Gasteiger partial charge on any atom is -0.374 e. The first-order valence-corrected chi connectivity index (χ1v) is 8.79. The molecule has 0 aliphatic heterocycles. The molecule has 0 amide bonds. The van der Waals surface area contributed by atoms with E-state index in [1.807, 2.05) is 24.0 Å². The molecule has 0 aromatic carbocycles. The number of fused-ring (bicyclic) bond motifs is 1. The third-order valence-electron chi connectivity index (χ3n) is 3.80. The fourth-order valence-corrected chi connectivity index (χ4v) is 4.13. The first-order valence-electron chi connectivity index (χ1n) is 7.84. The van der Waals surface area contributed by atoms with Gasteiger partial charge in [0.05, 0.1) is 0 Å². The predicted molar refractivity (Wildman–Crippen MR) is 89.9 cm³/mol. The van der Waals surface area contributed by atoms with Crippen molar-refractivity contribution in [2.45, 2.75) is 50.0 Å². The van der Waals surface area contributed by atoms with Crippen molar-refractivity contribution in [1.29, 1.82) is 0 Å². The molecular weight excluding hydrogens is 298 g/mol. The maximum absolute atomic E-state index is 8.27. The highest BCUT2D eigenvalue weighted by molar-refractivity contribution is 8.00. The molecule has 120 valence electrons. The van der Waals surface area contributed by atoms with Crippen LogP contribution in [0, 0.1) is 0 Å². The molecule has 2 rings (SSSR count). The zero-order valence-corrected chi connectivity index (χ0v) is 14.0. The Kier molecular flexibility index (Phi) is 6.83. The molecule has 0 saturated carbocycles. The van der Waals surface area contributed by atoms with Gasteiger partial charge in [-0.25, -0.2) is 4.98 Å². The smallest absolute Gasteiger partial charge is 0.228 e. The van der Waals surface area contributed by atoms with Crippen LogP contribution in [0.5, 0.6) is 5.88 Å². The molecule has 0 bridgehead atoms.